The van der Waals surface area contributed by atoms with E-state index in [9.17, 15) is 14.0 Å². The van der Waals surface area contributed by atoms with Gasteiger partial charge in [0.05, 0.1) is 13.7 Å². The van der Waals surface area contributed by atoms with Crippen LogP contribution in [0.3, 0.4) is 0 Å². The van der Waals surface area contributed by atoms with Gasteiger partial charge in [0.25, 0.3) is 5.91 Å². The van der Waals surface area contributed by atoms with Crippen molar-refractivity contribution in [1.29, 1.82) is 0 Å². The summed E-state index contributed by atoms with van der Waals surface area (Å²) in [6, 6.07) is 7.88. The quantitative estimate of drug-likeness (QED) is 0.387. The van der Waals surface area contributed by atoms with Crippen molar-refractivity contribution in [2.45, 2.75) is 72.1 Å². The van der Waals surface area contributed by atoms with Gasteiger partial charge in [0.15, 0.2) is 11.6 Å². The highest BCUT2D eigenvalue weighted by atomic mass is 19.1. The molecule has 1 aliphatic rings. The maximum Gasteiger partial charge on any atom is 0.407 e. The van der Waals surface area contributed by atoms with Crippen molar-refractivity contribution in [1.82, 2.24) is 35.8 Å². The van der Waals surface area contributed by atoms with Crippen molar-refractivity contribution in [2.75, 3.05) is 13.7 Å². The molecule has 3 aromatic rings. The predicted molar refractivity (Wildman–Crippen MR) is 150 cm³/mol. The second kappa shape index (κ2) is 13.0. The van der Waals surface area contributed by atoms with Gasteiger partial charge in [-0.15, -0.1) is 10.2 Å². The average Bonchev–Trinajstić information content (AvgIpc) is 3.39. The Labute approximate surface area is 239 Å². The molecule has 2 heterocycles. The fourth-order valence-electron chi connectivity index (χ4n) is 4.83. The molecule has 0 unspecified atom stereocenters. The van der Waals surface area contributed by atoms with E-state index in [1.54, 1.807) is 29.9 Å². The molecule has 0 aliphatic heterocycles. The number of nitrogens with one attached hydrogen (secondary N) is 2. The molecule has 2 amide bonds. The summed E-state index contributed by atoms with van der Waals surface area (Å²) in [6.45, 7) is 8.80. The summed E-state index contributed by atoms with van der Waals surface area (Å²) in [7, 11) is 1.39. The number of ether oxygens (including phenoxy) is 2. The van der Waals surface area contributed by atoms with Gasteiger partial charge in [0.1, 0.15) is 11.3 Å². The molecule has 41 heavy (non-hydrogen) atoms. The van der Waals surface area contributed by atoms with E-state index in [4.69, 9.17) is 9.47 Å². The molecule has 1 fully saturated rings. The smallest absolute Gasteiger partial charge is 0.407 e. The van der Waals surface area contributed by atoms with Crippen LogP contribution in [-0.4, -0.2) is 56.4 Å². The number of pyridine rings is 1. The number of nitrogens with zero attached hydrogens (tertiary/aromatic N) is 5. The summed E-state index contributed by atoms with van der Waals surface area (Å²) in [5, 5.41) is 18.7. The Balaban J connectivity index is 1.30. The molecule has 1 saturated carbocycles. The largest absolute Gasteiger partial charge is 0.494 e. The Morgan fingerprint density at radius 2 is 1.80 bits per heavy atom. The fraction of sp³-hybridized carbons (Fsp3) is 0.517. The zero-order chi connectivity index (χ0) is 29.6. The molecule has 0 atom stereocenters. The van der Waals surface area contributed by atoms with E-state index in [1.807, 2.05) is 26.8 Å². The Morgan fingerprint density at radius 3 is 2.51 bits per heavy atom. The van der Waals surface area contributed by atoms with Crippen LogP contribution in [0, 0.1) is 24.6 Å². The highest BCUT2D eigenvalue weighted by molar-refractivity contribution is 5.93. The van der Waals surface area contributed by atoms with Gasteiger partial charge in [-0.3, -0.25) is 4.79 Å². The number of tetrazole rings is 1. The van der Waals surface area contributed by atoms with E-state index in [2.05, 4.69) is 31.0 Å². The van der Waals surface area contributed by atoms with Gasteiger partial charge in [-0.1, -0.05) is 6.07 Å². The Morgan fingerprint density at radius 1 is 1.07 bits per heavy atom. The number of methoxy groups -OCH3 is 1. The van der Waals surface area contributed by atoms with Gasteiger partial charge in [-0.2, -0.15) is 4.80 Å². The molecule has 2 aromatic heterocycles. The summed E-state index contributed by atoms with van der Waals surface area (Å²) in [4.78, 5) is 30.7. The standard InChI is InChI=1S/C29H38FN7O4/c1-18-12-22(14-24(33-18)27(38)31-16-21-10-11-23(30)25(13-21)40-5)26-34-36-37(35-26)17-20-8-6-19(7-9-20)15-32-28(39)41-29(2,3)4/h10-14,19-20H,6-9,15-17H2,1-5H3,(H,31,38)(H,32,39)/t19-,20-. The van der Waals surface area contributed by atoms with Crippen LogP contribution in [0.1, 0.15) is 68.2 Å². The van der Waals surface area contributed by atoms with Crippen LogP contribution < -0.4 is 15.4 Å². The van der Waals surface area contributed by atoms with Crippen LogP contribution in [0.4, 0.5) is 9.18 Å². The summed E-state index contributed by atoms with van der Waals surface area (Å²) in [5.74, 6) is 0.540. The van der Waals surface area contributed by atoms with E-state index >= 15 is 0 Å². The number of benzene rings is 1. The maximum atomic E-state index is 13.7. The van der Waals surface area contributed by atoms with Gasteiger partial charge in [0.2, 0.25) is 5.82 Å². The summed E-state index contributed by atoms with van der Waals surface area (Å²) in [6.07, 6.45) is 3.66. The third kappa shape index (κ3) is 8.70. The van der Waals surface area contributed by atoms with Crippen molar-refractivity contribution < 1.29 is 23.5 Å². The van der Waals surface area contributed by atoms with Gasteiger partial charge >= 0.3 is 6.09 Å². The zero-order valence-electron chi connectivity index (χ0n) is 24.2. The third-order valence-corrected chi connectivity index (χ3v) is 6.89. The maximum absolute atomic E-state index is 13.7. The molecular formula is C29H38FN7O4. The lowest BCUT2D eigenvalue weighted by Crippen LogP contribution is -2.36. The number of hydrogen-bond acceptors (Lipinski definition) is 8. The number of rotatable bonds is 9. The van der Waals surface area contributed by atoms with Crippen molar-refractivity contribution >= 4 is 12.0 Å². The van der Waals surface area contributed by atoms with Crippen LogP contribution in [0.2, 0.25) is 0 Å². The zero-order valence-corrected chi connectivity index (χ0v) is 24.2. The molecule has 11 nitrogen and oxygen atoms in total. The Hall–Kier alpha value is -4.09. The lowest BCUT2D eigenvalue weighted by atomic mass is 9.82. The van der Waals surface area contributed by atoms with E-state index in [-0.39, 0.29) is 30.0 Å². The van der Waals surface area contributed by atoms with Crippen molar-refractivity contribution in [3.05, 3.63) is 53.1 Å². The highest BCUT2D eigenvalue weighted by Crippen LogP contribution is 2.29. The second-order valence-corrected chi connectivity index (χ2v) is 11.5. The summed E-state index contributed by atoms with van der Waals surface area (Å²) in [5.41, 5.74) is 1.71. The summed E-state index contributed by atoms with van der Waals surface area (Å²) >= 11 is 0. The second-order valence-electron chi connectivity index (χ2n) is 11.5. The minimum absolute atomic E-state index is 0.116. The Kier molecular flexibility index (Phi) is 9.51. The molecule has 0 saturated heterocycles. The third-order valence-electron chi connectivity index (χ3n) is 6.89. The molecule has 1 aromatic carbocycles. The fourth-order valence-corrected chi connectivity index (χ4v) is 4.83. The van der Waals surface area contributed by atoms with Crippen LogP contribution >= 0.6 is 0 Å². The first-order chi connectivity index (χ1) is 19.5. The number of alkyl carbamates (subject to hydrolysis) is 1. The first kappa shape index (κ1) is 29.9. The first-order valence-corrected chi connectivity index (χ1v) is 13.8. The van der Waals surface area contributed by atoms with Crippen LogP contribution in [0.15, 0.2) is 30.3 Å². The average molecular weight is 568 g/mol. The van der Waals surface area contributed by atoms with E-state index in [0.717, 1.165) is 25.7 Å². The molecule has 0 radical (unpaired) electrons. The number of halogens is 1. The molecule has 1 aliphatic carbocycles. The molecule has 0 bridgehead atoms. The van der Waals surface area contributed by atoms with Gasteiger partial charge in [-0.25, -0.2) is 14.2 Å². The lowest BCUT2D eigenvalue weighted by molar-refractivity contribution is 0.0512. The number of aryl methyl sites for hydroxylation is 1. The number of carbonyl (C=O) groups is 2. The van der Waals surface area contributed by atoms with Crippen LogP contribution in [0.5, 0.6) is 5.75 Å². The van der Waals surface area contributed by atoms with E-state index in [1.165, 1.54) is 13.2 Å². The minimum atomic E-state index is -0.505. The molecule has 2 N–H and O–H groups in total. The molecule has 0 spiro atoms. The van der Waals surface area contributed by atoms with Crippen LogP contribution in [0.25, 0.3) is 11.4 Å². The van der Waals surface area contributed by atoms with E-state index in [0.29, 0.717) is 47.6 Å². The normalized spacial score (nSPS) is 17.1. The Bertz CT molecular complexity index is 1360. The number of aromatic nitrogens is 5. The lowest BCUT2D eigenvalue weighted by Gasteiger charge is -2.28. The monoisotopic (exact) mass is 567 g/mol. The van der Waals surface area contributed by atoms with Crippen molar-refractivity contribution in [3.8, 4) is 17.1 Å². The molecule has 220 valence electrons. The summed E-state index contributed by atoms with van der Waals surface area (Å²) < 4.78 is 24.0. The number of amides is 2. The van der Waals surface area contributed by atoms with Gasteiger partial charge in [0, 0.05) is 24.3 Å². The number of hydrogen-bond donors (Lipinski definition) is 2. The van der Waals surface area contributed by atoms with E-state index < -0.39 is 11.4 Å². The number of carbonyl (C=O) groups excluding carboxylic acids is 2. The SMILES string of the molecule is COc1cc(CNC(=O)c2cc(-c3nnn(C[C@H]4CC[C@H](CNC(=O)OC(C)(C)C)CC4)n3)cc(C)n2)ccc1F. The topological polar surface area (TPSA) is 133 Å². The molecular weight excluding hydrogens is 529 g/mol. The predicted octanol–water partition coefficient (Wildman–Crippen LogP) is 4.45. The van der Waals surface area contributed by atoms with Crippen LogP contribution in [-0.2, 0) is 17.8 Å². The van der Waals surface area contributed by atoms with Gasteiger partial charge in [-0.05, 0) is 100 Å². The molecule has 12 heteroatoms. The first-order valence-electron chi connectivity index (χ1n) is 13.8. The van der Waals surface area contributed by atoms with Crippen molar-refractivity contribution in [2.24, 2.45) is 11.8 Å². The highest BCUT2D eigenvalue weighted by Gasteiger charge is 2.24. The molecule has 4 rings (SSSR count). The van der Waals surface area contributed by atoms with Gasteiger partial charge < -0.3 is 20.1 Å². The minimum Gasteiger partial charge on any atom is -0.494 e. The van der Waals surface area contributed by atoms with Crippen molar-refractivity contribution in [3.63, 3.8) is 0 Å².